The van der Waals surface area contributed by atoms with Crippen molar-refractivity contribution >= 4 is 17.3 Å². The van der Waals surface area contributed by atoms with Crippen molar-refractivity contribution in [2.75, 3.05) is 24.6 Å². The van der Waals surface area contributed by atoms with Gasteiger partial charge in [0.1, 0.15) is 5.75 Å². The van der Waals surface area contributed by atoms with Crippen molar-refractivity contribution < 1.29 is 4.74 Å². The Morgan fingerprint density at radius 1 is 1.00 bits per heavy atom. The number of nitrogens with zero attached hydrogens (tertiary/aromatic N) is 1. The van der Waals surface area contributed by atoms with Gasteiger partial charge in [0.2, 0.25) is 0 Å². The first-order valence-corrected chi connectivity index (χ1v) is 8.42. The molecule has 0 aliphatic carbocycles. The summed E-state index contributed by atoms with van der Waals surface area (Å²) in [6.07, 6.45) is 4.70. The molecule has 1 aliphatic rings. The fraction of sp³-hybridized carbons (Fsp3) is 0.368. The Morgan fingerprint density at radius 3 is 2.68 bits per heavy atom. The maximum Gasteiger partial charge on any atom is 0.119 e. The van der Waals surface area contributed by atoms with Crippen molar-refractivity contribution in [1.29, 1.82) is 0 Å². The minimum absolute atomic E-state index is 0.746. The number of hydrogen-bond donors (Lipinski definition) is 0. The molecule has 1 heterocycles. The Labute approximate surface area is 137 Å². The molecular weight excluding hydrogens is 294 g/mol. The molecule has 0 fully saturated rings. The third kappa shape index (κ3) is 3.95. The van der Waals surface area contributed by atoms with Gasteiger partial charge in [-0.2, -0.15) is 0 Å². The number of hydrogen-bond acceptors (Lipinski definition) is 2. The predicted octanol–water partition coefficient (Wildman–Crippen LogP) is 4.95. The predicted molar refractivity (Wildman–Crippen MR) is 93.2 cm³/mol. The van der Waals surface area contributed by atoms with E-state index in [9.17, 15) is 0 Å². The van der Waals surface area contributed by atoms with Crippen LogP contribution in [0.3, 0.4) is 0 Å². The van der Waals surface area contributed by atoms with Crippen LogP contribution in [-0.4, -0.2) is 19.7 Å². The molecule has 0 unspecified atom stereocenters. The van der Waals surface area contributed by atoms with E-state index in [0.29, 0.717) is 0 Å². The molecular formula is C19H22ClNO. The third-order valence-electron chi connectivity index (χ3n) is 4.11. The van der Waals surface area contributed by atoms with Gasteiger partial charge in [-0.3, -0.25) is 0 Å². The number of para-hydroxylation sites is 1. The summed E-state index contributed by atoms with van der Waals surface area (Å²) in [5, 5.41) is 0.746. The number of aryl methyl sites for hydroxylation is 1. The third-order valence-corrected chi connectivity index (χ3v) is 4.36. The van der Waals surface area contributed by atoms with Crippen LogP contribution in [-0.2, 0) is 6.42 Å². The molecule has 0 amide bonds. The van der Waals surface area contributed by atoms with Gasteiger partial charge in [0.25, 0.3) is 0 Å². The normalized spacial score (nSPS) is 13.8. The molecule has 2 nitrogen and oxygen atoms in total. The van der Waals surface area contributed by atoms with Gasteiger partial charge in [-0.1, -0.05) is 29.8 Å². The fourth-order valence-corrected chi connectivity index (χ4v) is 3.10. The first-order valence-electron chi connectivity index (χ1n) is 8.04. The zero-order valence-corrected chi connectivity index (χ0v) is 13.6. The topological polar surface area (TPSA) is 12.5 Å². The van der Waals surface area contributed by atoms with Crippen LogP contribution in [0.5, 0.6) is 5.75 Å². The summed E-state index contributed by atoms with van der Waals surface area (Å²) in [6.45, 7) is 3.05. The van der Waals surface area contributed by atoms with Crippen LogP contribution in [0.1, 0.15) is 24.8 Å². The van der Waals surface area contributed by atoms with E-state index in [1.807, 2.05) is 24.3 Å². The standard InChI is InChI=1S/C19H22ClNO/c20-17-9-11-18(12-10-17)22-15-4-3-13-21-14-5-7-16-6-1-2-8-19(16)21/h1-2,6,8-12H,3-5,7,13-15H2. The van der Waals surface area contributed by atoms with Gasteiger partial charge >= 0.3 is 0 Å². The van der Waals surface area contributed by atoms with E-state index in [4.69, 9.17) is 16.3 Å². The lowest BCUT2D eigenvalue weighted by Gasteiger charge is -2.31. The van der Waals surface area contributed by atoms with Crippen molar-refractivity contribution in [3.05, 3.63) is 59.1 Å². The minimum Gasteiger partial charge on any atom is -0.494 e. The molecule has 116 valence electrons. The highest BCUT2D eigenvalue weighted by Crippen LogP contribution is 2.26. The molecule has 2 aromatic rings. The van der Waals surface area contributed by atoms with E-state index >= 15 is 0 Å². The first-order chi connectivity index (χ1) is 10.8. The van der Waals surface area contributed by atoms with Crippen LogP contribution in [0.25, 0.3) is 0 Å². The second-order valence-electron chi connectivity index (χ2n) is 5.73. The van der Waals surface area contributed by atoms with Crippen LogP contribution in [0.15, 0.2) is 48.5 Å². The smallest absolute Gasteiger partial charge is 0.119 e. The fourth-order valence-electron chi connectivity index (χ4n) is 2.97. The highest BCUT2D eigenvalue weighted by Gasteiger charge is 2.15. The zero-order valence-electron chi connectivity index (χ0n) is 12.8. The summed E-state index contributed by atoms with van der Waals surface area (Å²) >= 11 is 5.86. The highest BCUT2D eigenvalue weighted by atomic mass is 35.5. The highest BCUT2D eigenvalue weighted by molar-refractivity contribution is 6.30. The Kier molecular flexibility index (Phi) is 5.23. The molecule has 0 saturated heterocycles. The summed E-state index contributed by atoms with van der Waals surface area (Å²) in [5.41, 5.74) is 2.92. The van der Waals surface area contributed by atoms with Crippen molar-refractivity contribution in [1.82, 2.24) is 0 Å². The van der Waals surface area contributed by atoms with E-state index in [-0.39, 0.29) is 0 Å². The Bertz CT molecular complexity index is 597. The van der Waals surface area contributed by atoms with E-state index in [1.165, 1.54) is 30.6 Å². The molecule has 0 bridgehead atoms. The maximum atomic E-state index is 5.86. The van der Waals surface area contributed by atoms with Gasteiger partial charge in [-0.15, -0.1) is 0 Å². The van der Waals surface area contributed by atoms with Crippen LogP contribution >= 0.6 is 11.6 Å². The molecule has 0 spiro atoms. The molecule has 3 heteroatoms. The monoisotopic (exact) mass is 315 g/mol. The van der Waals surface area contributed by atoms with Gasteiger partial charge in [0.15, 0.2) is 0 Å². The molecule has 0 N–H and O–H groups in total. The van der Waals surface area contributed by atoms with Crippen LogP contribution in [0.2, 0.25) is 5.02 Å². The molecule has 3 rings (SSSR count). The van der Waals surface area contributed by atoms with Crippen LogP contribution in [0, 0.1) is 0 Å². The Hall–Kier alpha value is -1.67. The lowest BCUT2D eigenvalue weighted by Crippen LogP contribution is -2.30. The molecule has 1 aliphatic heterocycles. The van der Waals surface area contributed by atoms with E-state index < -0.39 is 0 Å². The van der Waals surface area contributed by atoms with E-state index in [2.05, 4.69) is 29.2 Å². The number of anilines is 1. The number of rotatable bonds is 6. The maximum absolute atomic E-state index is 5.86. The molecule has 0 radical (unpaired) electrons. The van der Waals surface area contributed by atoms with Crippen molar-refractivity contribution in [3.8, 4) is 5.75 Å². The summed E-state index contributed by atoms with van der Waals surface area (Å²) in [5.74, 6) is 0.896. The average Bonchev–Trinajstić information content (AvgIpc) is 2.56. The Balaban J connectivity index is 1.41. The van der Waals surface area contributed by atoms with Gasteiger partial charge in [-0.25, -0.2) is 0 Å². The molecule has 22 heavy (non-hydrogen) atoms. The summed E-state index contributed by atoms with van der Waals surface area (Å²) in [4.78, 5) is 2.52. The van der Waals surface area contributed by atoms with Gasteiger partial charge < -0.3 is 9.64 Å². The van der Waals surface area contributed by atoms with E-state index in [0.717, 1.165) is 36.8 Å². The minimum atomic E-state index is 0.746. The molecule has 0 atom stereocenters. The second kappa shape index (κ2) is 7.55. The number of fused-ring (bicyclic) bond motifs is 1. The molecule has 0 aromatic heterocycles. The number of ether oxygens (including phenoxy) is 1. The summed E-state index contributed by atoms with van der Waals surface area (Å²) in [6, 6.07) is 16.3. The van der Waals surface area contributed by atoms with Gasteiger partial charge in [-0.05, 0) is 61.6 Å². The average molecular weight is 316 g/mol. The summed E-state index contributed by atoms with van der Waals surface area (Å²) < 4.78 is 5.74. The van der Waals surface area contributed by atoms with Crippen LogP contribution < -0.4 is 9.64 Å². The largest absolute Gasteiger partial charge is 0.494 e. The van der Waals surface area contributed by atoms with E-state index in [1.54, 1.807) is 0 Å². The van der Waals surface area contributed by atoms with Crippen molar-refractivity contribution in [3.63, 3.8) is 0 Å². The molecule has 2 aromatic carbocycles. The van der Waals surface area contributed by atoms with Gasteiger partial charge in [0, 0.05) is 23.8 Å². The Morgan fingerprint density at radius 2 is 1.82 bits per heavy atom. The van der Waals surface area contributed by atoms with Crippen molar-refractivity contribution in [2.24, 2.45) is 0 Å². The lowest BCUT2D eigenvalue weighted by molar-refractivity contribution is 0.307. The second-order valence-corrected chi connectivity index (χ2v) is 6.17. The molecule has 0 saturated carbocycles. The summed E-state index contributed by atoms with van der Waals surface area (Å²) in [7, 11) is 0. The number of benzene rings is 2. The quantitative estimate of drug-likeness (QED) is 0.699. The zero-order chi connectivity index (χ0) is 15.2. The number of halogens is 1. The SMILES string of the molecule is Clc1ccc(OCCCCN2CCCc3ccccc32)cc1. The first kappa shape index (κ1) is 15.2. The van der Waals surface area contributed by atoms with Crippen LogP contribution in [0.4, 0.5) is 5.69 Å². The van der Waals surface area contributed by atoms with Crippen molar-refractivity contribution in [2.45, 2.75) is 25.7 Å². The lowest BCUT2D eigenvalue weighted by atomic mass is 10.0. The number of unbranched alkanes of at least 4 members (excludes halogenated alkanes) is 1. The van der Waals surface area contributed by atoms with Gasteiger partial charge in [0.05, 0.1) is 6.61 Å².